The smallest absolute Gasteiger partial charge is 0.223 e. The summed E-state index contributed by atoms with van der Waals surface area (Å²) in [6.45, 7) is 2.07. The van der Waals surface area contributed by atoms with Gasteiger partial charge in [-0.1, -0.05) is 35.5 Å². The molecule has 1 aromatic heterocycles. The quantitative estimate of drug-likeness (QED) is 0.715. The molecule has 24 heavy (non-hydrogen) atoms. The number of ether oxygens (including phenoxy) is 2. The maximum Gasteiger partial charge on any atom is 0.223 e. The minimum absolute atomic E-state index is 0.344. The molecule has 3 aromatic rings. The van der Waals surface area contributed by atoms with Gasteiger partial charge in [0.2, 0.25) is 11.7 Å². The van der Waals surface area contributed by atoms with Crippen LogP contribution in [0.25, 0.3) is 11.4 Å². The zero-order chi connectivity index (χ0) is 16.9. The van der Waals surface area contributed by atoms with Gasteiger partial charge in [-0.2, -0.15) is 10.2 Å². The van der Waals surface area contributed by atoms with Crippen molar-refractivity contribution in [1.29, 1.82) is 5.26 Å². The number of aryl methyl sites for hydroxylation is 1. The molecule has 6 nitrogen and oxygen atoms in total. The fourth-order valence-corrected chi connectivity index (χ4v) is 2.25. The molecule has 120 valence electrons. The first-order valence-corrected chi connectivity index (χ1v) is 7.31. The van der Waals surface area contributed by atoms with Crippen molar-refractivity contribution in [2.24, 2.45) is 0 Å². The molecule has 0 aliphatic heterocycles. The Morgan fingerprint density at radius 2 is 1.96 bits per heavy atom. The fourth-order valence-electron chi connectivity index (χ4n) is 2.25. The Hall–Kier alpha value is -3.33. The van der Waals surface area contributed by atoms with Crippen LogP contribution in [0.2, 0.25) is 0 Å². The molecular weight excluding hydrogens is 306 g/mol. The SMILES string of the molecule is COc1cc(-c2noc(C)n2)c(C#N)cc1OCc1ccccc1. The highest BCUT2D eigenvalue weighted by molar-refractivity contribution is 5.69. The van der Waals surface area contributed by atoms with E-state index >= 15 is 0 Å². The average molecular weight is 321 g/mol. The Morgan fingerprint density at radius 1 is 1.17 bits per heavy atom. The molecule has 0 fully saturated rings. The topological polar surface area (TPSA) is 81.2 Å². The molecular formula is C18H15N3O3. The summed E-state index contributed by atoms with van der Waals surface area (Å²) in [7, 11) is 1.54. The summed E-state index contributed by atoms with van der Waals surface area (Å²) < 4.78 is 16.2. The van der Waals surface area contributed by atoms with E-state index in [4.69, 9.17) is 14.0 Å². The predicted molar refractivity (Wildman–Crippen MR) is 86.5 cm³/mol. The third kappa shape index (κ3) is 3.20. The summed E-state index contributed by atoms with van der Waals surface area (Å²) in [5.74, 6) is 1.76. The number of nitriles is 1. The number of nitrogens with zero attached hydrogens (tertiary/aromatic N) is 3. The highest BCUT2D eigenvalue weighted by Crippen LogP contribution is 2.35. The van der Waals surface area contributed by atoms with Gasteiger partial charge >= 0.3 is 0 Å². The van der Waals surface area contributed by atoms with Crippen LogP contribution in [-0.2, 0) is 6.61 Å². The first-order chi connectivity index (χ1) is 11.7. The van der Waals surface area contributed by atoms with E-state index in [1.807, 2.05) is 30.3 Å². The Balaban J connectivity index is 1.94. The van der Waals surface area contributed by atoms with Crippen molar-refractivity contribution >= 4 is 0 Å². The minimum Gasteiger partial charge on any atom is -0.493 e. The van der Waals surface area contributed by atoms with Crippen molar-refractivity contribution in [1.82, 2.24) is 10.1 Å². The van der Waals surface area contributed by atoms with Gasteiger partial charge in [0, 0.05) is 18.6 Å². The van der Waals surface area contributed by atoms with Gasteiger partial charge in [-0.15, -0.1) is 0 Å². The Labute approximate surface area is 139 Å². The monoisotopic (exact) mass is 321 g/mol. The van der Waals surface area contributed by atoms with Crippen LogP contribution in [0.3, 0.4) is 0 Å². The molecule has 0 amide bonds. The van der Waals surface area contributed by atoms with E-state index in [1.54, 1.807) is 26.2 Å². The second kappa shape index (κ2) is 6.84. The van der Waals surface area contributed by atoms with Gasteiger partial charge in [-0.3, -0.25) is 0 Å². The number of methoxy groups -OCH3 is 1. The number of hydrogen-bond acceptors (Lipinski definition) is 6. The van der Waals surface area contributed by atoms with E-state index in [-0.39, 0.29) is 0 Å². The van der Waals surface area contributed by atoms with E-state index in [9.17, 15) is 5.26 Å². The zero-order valence-electron chi connectivity index (χ0n) is 13.3. The first-order valence-electron chi connectivity index (χ1n) is 7.31. The summed E-state index contributed by atoms with van der Waals surface area (Å²) in [6.07, 6.45) is 0. The van der Waals surface area contributed by atoms with E-state index in [1.165, 1.54) is 0 Å². The zero-order valence-corrected chi connectivity index (χ0v) is 13.3. The lowest BCUT2D eigenvalue weighted by atomic mass is 10.1. The number of rotatable bonds is 5. The van der Waals surface area contributed by atoms with Crippen molar-refractivity contribution in [3.63, 3.8) is 0 Å². The second-order valence-electron chi connectivity index (χ2n) is 5.07. The van der Waals surface area contributed by atoms with Crippen LogP contribution >= 0.6 is 0 Å². The minimum atomic E-state index is 0.344. The predicted octanol–water partition coefficient (Wildman–Crippen LogP) is 3.50. The standard InChI is InChI=1S/C18H15N3O3/c1-12-20-18(21-24-12)15-9-16(22-2)17(8-14(15)10-19)23-11-13-6-4-3-5-7-13/h3-9H,11H2,1-2H3. The van der Waals surface area contributed by atoms with Gasteiger partial charge in [-0.25, -0.2) is 0 Å². The molecule has 0 radical (unpaired) electrons. The van der Waals surface area contributed by atoms with Crippen LogP contribution in [0.1, 0.15) is 17.0 Å². The molecule has 0 saturated carbocycles. The Kier molecular flexibility index (Phi) is 4.43. The highest BCUT2D eigenvalue weighted by Gasteiger charge is 2.17. The third-order valence-corrected chi connectivity index (χ3v) is 3.43. The van der Waals surface area contributed by atoms with Crippen LogP contribution in [0, 0.1) is 18.3 Å². The van der Waals surface area contributed by atoms with Crippen LogP contribution in [0.15, 0.2) is 47.0 Å². The summed E-state index contributed by atoms with van der Waals surface area (Å²) >= 11 is 0. The lowest BCUT2D eigenvalue weighted by Crippen LogP contribution is -1.99. The average Bonchev–Trinajstić information content (AvgIpc) is 3.06. The van der Waals surface area contributed by atoms with Crippen molar-refractivity contribution < 1.29 is 14.0 Å². The maximum absolute atomic E-state index is 9.43. The largest absolute Gasteiger partial charge is 0.493 e. The molecule has 0 bridgehead atoms. The van der Waals surface area contributed by atoms with Gasteiger partial charge in [0.1, 0.15) is 12.7 Å². The van der Waals surface area contributed by atoms with Gasteiger partial charge in [-0.05, 0) is 11.6 Å². The normalized spacial score (nSPS) is 10.2. The molecule has 0 aliphatic carbocycles. The summed E-state index contributed by atoms with van der Waals surface area (Å²) in [5, 5.41) is 13.3. The van der Waals surface area contributed by atoms with Crippen LogP contribution in [0.5, 0.6) is 11.5 Å². The van der Waals surface area contributed by atoms with E-state index in [0.717, 1.165) is 5.56 Å². The Bertz CT molecular complexity index is 882. The van der Waals surface area contributed by atoms with Gasteiger partial charge in [0.25, 0.3) is 0 Å². The molecule has 0 spiro atoms. The van der Waals surface area contributed by atoms with Gasteiger partial charge < -0.3 is 14.0 Å². The van der Waals surface area contributed by atoms with E-state index in [2.05, 4.69) is 16.2 Å². The lowest BCUT2D eigenvalue weighted by molar-refractivity contribution is 0.284. The number of benzene rings is 2. The number of hydrogen-bond donors (Lipinski definition) is 0. The maximum atomic E-state index is 9.43. The molecule has 0 saturated heterocycles. The first kappa shape index (κ1) is 15.6. The summed E-state index contributed by atoms with van der Waals surface area (Å²) in [6, 6.07) is 15.2. The van der Waals surface area contributed by atoms with Crippen molar-refractivity contribution in [3.05, 3.63) is 59.5 Å². The van der Waals surface area contributed by atoms with Gasteiger partial charge in [0.05, 0.1) is 12.7 Å². The molecule has 0 aliphatic rings. The fraction of sp³-hybridized carbons (Fsp3) is 0.167. The van der Waals surface area contributed by atoms with Crippen LogP contribution in [-0.4, -0.2) is 17.3 Å². The second-order valence-corrected chi connectivity index (χ2v) is 5.07. The molecule has 3 rings (SSSR count). The Morgan fingerprint density at radius 3 is 2.58 bits per heavy atom. The number of aromatic nitrogens is 2. The van der Waals surface area contributed by atoms with Crippen molar-refractivity contribution in [2.75, 3.05) is 7.11 Å². The van der Waals surface area contributed by atoms with E-state index < -0.39 is 0 Å². The third-order valence-electron chi connectivity index (χ3n) is 3.43. The van der Waals surface area contributed by atoms with Crippen LogP contribution in [0.4, 0.5) is 0 Å². The summed E-state index contributed by atoms with van der Waals surface area (Å²) in [5.41, 5.74) is 1.95. The molecule has 0 atom stereocenters. The van der Waals surface area contributed by atoms with Gasteiger partial charge in [0.15, 0.2) is 11.5 Å². The lowest BCUT2D eigenvalue weighted by Gasteiger charge is -2.12. The van der Waals surface area contributed by atoms with Crippen LogP contribution < -0.4 is 9.47 Å². The van der Waals surface area contributed by atoms with Crippen molar-refractivity contribution in [3.8, 4) is 29.0 Å². The molecule has 6 heteroatoms. The summed E-state index contributed by atoms with van der Waals surface area (Å²) in [4.78, 5) is 4.16. The highest BCUT2D eigenvalue weighted by atomic mass is 16.5. The van der Waals surface area contributed by atoms with E-state index in [0.29, 0.717) is 40.9 Å². The molecule has 1 heterocycles. The molecule has 0 N–H and O–H groups in total. The van der Waals surface area contributed by atoms with Crippen molar-refractivity contribution in [2.45, 2.75) is 13.5 Å². The molecule has 0 unspecified atom stereocenters. The molecule has 2 aromatic carbocycles.